The molecule has 0 unspecified atom stereocenters. The average molecular weight is 251 g/mol. The molecule has 4 heteroatoms. The smallest absolute Gasteiger partial charge is 0.128 e. The van der Waals surface area contributed by atoms with Crippen molar-refractivity contribution < 1.29 is 4.74 Å². The molecule has 0 aliphatic rings. The van der Waals surface area contributed by atoms with Crippen LogP contribution in [-0.2, 0) is 12.3 Å². The fraction of sp³-hybridized carbons (Fsp3) is 0.308. The largest absolute Gasteiger partial charge is 0.496 e. The van der Waals surface area contributed by atoms with Crippen LogP contribution in [0.15, 0.2) is 24.4 Å². The van der Waals surface area contributed by atoms with E-state index in [9.17, 15) is 0 Å². The number of hydrogen-bond acceptors (Lipinski definition) is 2. The number of aromatic amines is 1. The molecule has 1 aromatic heterocycles. The van der Waals surface area contributed by atoms with Gasteiger partial charge in [0.25, 0.3) is 0 Å². The molecule has 1 N–H and O–H groups in total. The van der Waals surface area contributed by atoms with Crippen LogP contribution in [0.2, 0.25) is 0 Å². The van der Waals surface area contributed by atoms with Gasteiger partial charge in [-0.05, 0) is 24.1 Å². The quantitative estimate of drug-likeness (QED) is 0.845. The highest BCUT2D eigenvalue weighted by Crippen LogP contribution is 2.30. The molecule has 0 amide bonds. The van der Waals surface area contributed by atoms with Crippen LogP contribution in [0.25, 0.3) is 11.3 Å². The Morgan fingerprint density at radius 3 is 2.82 bits per heavy atom. The molecular weight excluding hydrogens is 236 g/mol. The van der Waals surface area contributed by atoms with E-state index in [4.69, 9.17) is 16.3 Å². The number of aryl methyl sites for hydroxylation is 1. The molecule has 0 saturated heterocycles. The van der Waals surface area contributed by atoms with Crippen molar-refractivity contribution in [3.8, 4) is 17.0 Å². The molecule has 17 heavy (non-hydrogen) atoms. The van der Waals surface area contributed by atoms with Crippen molar-refractivity contribution in [2.45, 2.75) is 19.2 Å². The zero-order chi connectivity index (χ0) is 12.3. The minimum atomic E-state index is 0.385. The van der Waals surface area contributed by atoms with Gasteiger partial charge in [0, 0.05) is 5.56 Å². The van der Waals surface area contributed by atoms with Crippen molar-refractivity contribution in [3.63, 3.8) is 0 Å². The first-order valence-electron chi connectivity index (χ1n) is 5.55. The molecule has 0 atom stereocenters. The predicted molar refractivity (Wildman–Crippen MR) is 69.5 cm³/mol. The van der Waals surface area contributed by atoms with Crippen molar-refractivity contribution >= 4 is 11.6 Å². The predicted octanol–water partition coefficient (Wildman–Crippen LogP) is 3.39. The summed E-state index contributed by atoms with van der Waals surface area (Å²) < 4.78 is 5.36. The number of hydrogen-bond donors (Lipinski definition) is 1. The molecule has 3 nitrogen and oxygen atoms in total. The van der Waals surface area contributed by atoms with Gasteiger partial charge in [-0.15, -0.1) is 11.6 Å². The zero-order valence-corrected chi connectivity index (χ0v) is 10.7. The Hall–Kier alpha value is -1.48. The maximum Gasteiger partial charge on any atom is 0.128 e. The summed E-state index contributed by atoms with van der Waals surface area (Å²) in [6, 6.07) is 6.17. The van der Waals surface area contributed by atoms with Gasteiger partial charge in [-0.1, -0.05) is 13.0 Å². The van der Waals surface area contributed by atoms with Gasteiger partial charge in [0.1, 0.15) is 11.6 Å². The Balaban J connectivity index is 2.47. The van der Waals surface area contributed by atoms with Crippen LogP contribution in [0, 0.1) is 0 Å². The summed E-state index contributed by atoms with van der Waals surface area (Å²) in [5, 5.41) is 0. The Morgan fingerprint density at radius 2 is 2.24 bits per heavy atom. The standard InChI is InChI=1S/C13H15ClN2O/c1-3-9-4-5-12(17-2)10(6-9)11-8-15-13(7-14)16-11/h4-6,8H,3,7H2,1-2H3,(H,15,16). The minimum absolute atomic E-state index is 0.385. The second-order valence-corrected chi connectivity index (χ2v) is 4.03. The van der Waals surface area contributed by atoms with Gasteiger partial charge in [-0.25, -0.2) is 4.98 Å². The number of imidazole rings is 1. The molecule has 0 aliphatic heterocycles. The van der Waals surface area contributed by atoms with Crippen LogP contribution in [0.1, 0.15) is 18.3 Å². The highest BCUT2D eigenvalue weighted by molar-refractivity contribution is 6.16. The van der Waals surface area contributed by atoms with E-state index in [-0.39, 0.29) is 0 Å². The number of halogens is 1. The zero-order valence-electron chi connectivity index (χ0n) is 9.96. The number of nitrogens with zero attached hydrogens (tertiary/aromatic N) is 1. The highest BCUT2D eigenvalue weighted by Gasteiger charge is 2.09. The number of alkyl halides is 1. The number of nitrogens with one attached hydrogen (secondary N) is 1. The van der Waals surface area contributed by atoms with Gasteiger partial charge in [-0.3, -0.25) is 0 Å². The number of rotatable bonds is 4. The number of benzene rings is 1. The van der Waals surface area contributed by atoms with E-state index in [1.54, 1.807) is 13.3 Å². The summed E-state index contributed by atoms with van der Waals surface area (Å²) in [6.07, 6.45) is 2.78. The van der Waals surface area contributed by atoms with E-state index < -0.39 is 0 Å². The van der Waals surface area contributed by atoms with Crippen LogP contribution < -0.4 is 4.74 Å². The molecule has 0 spiro atoms. The van der Waals surface area contributed by atoms with Gasteiger partial charge in [0.05, 0.1) is 24.9 Å². The molecule has 1 aromatic carbocycles. The molecule has 0 fully saturated rings. The van der Waals surface area contributed by atoms with E-state index in [0.29, 0.717) is 5.88 Å². The van der Waals surface area contributed by atoms with E-state index in [0.717, 1.165) is 29.3 Å². The molecule has 0 radical (unpaired) electrons. The van der Waals surface area contributed by atoms with Crippen molar-refractivity contribution in [1.29, 1.82) is 0 Å². The molecule has 1 heterocycles. The SMILES string of the molecule is CCc1ccc(OC)c(-c2cnc(CCl)[nH]2)c1. The summed E-state index contributed by atoms with van der Waals surface area (Å²) in [5.41, 5.74) is 3.23. The minimum Gasteiger partial charge on any atom is -0.496 e. The van der Waals surface area contributed by atoms with Crippen LogP contribution in [0.3, 0.4) is 0 Å². The van der Waals surface area contributed by atoms with Gasteiger partial charge < -0.3 is 9.72 Å². The van der Waals surface area contributed by atoms with Crippen molar-refractivity contribution in [1.82, 2.24) is 9.97 Å². The lowest BCUT2D eigenvalue weighted by molar-refractivity contribution is 0.416. The van der Waals surface area contributed by atoms with Crippen molar-refractivity contribution in [2.75, 3.05) is 7.11 Å². The van der Waals surface area contributed by atoms with Gasteiger partial charge in [-0.2, -0.15) is 0 Å². The monoisotopic (exact) mass is 250 g/mol. The Bertz CT molecular complexity index is 508. The molecule has 2 rings (SSSR count). The van der Waals surface area contributed by atoms with Gasteiger partial charge in [0.2, 0.25) is 0 Å². The second-order valence-electron chi connectivity index (χ2n) is 3.77. The molecular formula is C13H15ClN2O. The molecule has 2 aromatic rings. The molecule has 0 bridgehead atoms. The lowest BCUT2D eigenvalue weighted by Crippen LogP contribution is -1.91. The van der Waals surface area contributed by atoms with Crippen LogP contribution in [-0.4, -0.2) is 17.1 Å². The normalized spacial score (nSPS) is 10.5. The van der Waals surface area contributed by atoms with E-state index >= 15 is 0 Å². The summed E-state index contributed by atoms with van der Waals surface area (Å²) >= 11 is 5.73. The number of ether oxygens (including phenoxy) is 1. The van der Waals surface area contributed by atoms with E-state index in [2.05, 4.69) is 29.0 Å². The van der Waals surface area contributed by atoms with Gasteiger partial charge in [0.15, 0.2) is 0 Å². The third-order valence-corrected chi connectivity index (χ3v) is 2.97. The van der Waals surface area contributed by atoms with E-state index in [1.807, 2.05) is 6.07 Å². The van der Waals surface area contributed by atoms with Gasteiger partial charge >= 0.3 is 0 Å². The fourth-order valence-corrected chi connectivity index (χ4v) is 1.89. The fourth-order valence-electron chi connectivity index (χ4n) is 1.75. The third-order valence-electron chi connectivity index (χ3n) is 2.72. The summed E-state index contributed by atoms with van der Waals surface area (Å²) in [5.74, 6) is 1.99. The Kier molecular flexibility index (Phi) is 3.69. The Morgan fingerprint density at radius 1 is 1.41 bits per heavy atom. The maximum atomic E-state index is 5.73. The van der Waals surface area contributed by atoms with Crippen molar-refractivity contribution in [2.24, 2.45) is 0 Å². The third kappa shape index (κ3) is 2.44. The molecule has 0 aliphatic carbocycles. The first kappa shape index (κ1) is 12.0. The number of aromatic nitrogens is 2. The topological polar surface area (TPSA) is 37.9 Å². The van der Waals surface area contributed by atoms with E-state index in [1.165, 1.54) is 5.56 Å². The summed E-state index contributed by atoms with van der Waals surface area (Å²) in [7, 11) is 1.67. The van der Waals surface area contributed by atoms with Crippen LogP contribution >= 0.6 is 11.6 Å². The first-order valence-corrected chi connectivity index (χ1v) is 6.09. The van der Waals surface area contributed by atoms with Crippen LogP contribution in [0.5, 0.6) is 5.75 Å². The molecule has 0 saturated carbocycles. The average Bonchev–Trinajstić information content (AvgIpc) is 2.86. The summed E-state index contributed by atoms with van der Waals surface area (Å²) in [4.78, 5) is 7.38. The maximum absolute atomic E-state index is 5.73. The van der Waals surface area contributed by atoms with Crippen molar-refractivity contribution in [3.05, 3.63) is 35.8 Å². The number of methoxy groups -OCH3 is 1. The lowest BCUT2D eigenvalue weighted by Gasteiger charge is -2.08. The molecule has 90 valence electrons. The number of H-pyrrole nitrogens is 1. The highest BCUT2D eigenvalue weighted by atomic mass is 35.5. The summed E-state index contributed by atoms with van der Waals surface area (Å²) in [6.45, 7) is 2.13. The Labute approximate surface area is 106 Å². The second kappa shape index (κ2) is 5.23. The van der Waals surface area contributed by atoms with Crippen LogP contribution in [0.4, 0.5) is 0 Å². The first-order chi connectivity index (χ1) is 8.28. The lowest BCUT2D eigenvalue weighted by atomic mass is 10.1.